The van der Waals surface area contributed by atoms with Crippen molar-refractivity contribution in [2.45, 2.75) is 25.8 Å². The first-order chi connectivity index (χ1) is 15.0. The van der Waals surface area contributed by atoms with Crippen LogP contribution in [0.25, 0.3) is 43.6 Å². The molecule has 31 heavy (non-hydrogen) atoms. The zero-order chi connectivity index (χ0) is 21.2. The second-order valence-corrected chi connectivity index (χ2v) is 8.51. The van der Waals surface area contributed by atoms with Crippen LogP contribution >= 0.6 is 0 Å². The normalized spacial score (nSPS) is 18.0. The number of carbonyl (C=O) groups excluding carboxylic acids is 2. The summed E-state index contributed by atoms with van der Waals surface area (Å²) >= 11 is 0. The zero-order valence-corrected chi connectivity index (χ0v) is 16.4. The highest BCUT2D eigenvalue weighted by atomic mass is 19.1. The lowest BCUT2D eigenvalue weighted by Gasteiger charge is -2.23. The number of aromatic nitrogens is 2. The molecule has 0 saturated carbocycles. The molecule has 7 heteroatoms. The van der Waals surface area contributed by atoms with Crippen molar-refractivity contribution >= 4 is 55.4 Å². The van der Waals surface area contributed by atoms with Gasteiger partial charge in [0.2, 0.25) is 0 Å². The van der Waals surface area contributed by atoms with Crippen molar-refractivity contribution in [2.24, 2.45) is 0 Å². The zero-order valence-electron chi connectivity index (χ0n) is 16.4. The number of halogens is 2. The highest BCUT2D eigenvalue weighted by Crippen LogP contribution is 2.47. The molecule has 5 nitrogen and oxygen atoms in total. The Morgan fingerprint density at radius 3 is 2.58 bits per heavy atom. The van der Waals surface area contributed by atoms with Gasteiger partial charge >= 0.3 is 0 Å². The summed E-state index contributed by atoms with van der Waals surface area (Å²) in [6.45, 7) is 2.08. The number of hydrogen-bond acceptors (Lipinski definition) is 2. The molecule has 1 atom stereocenters. The number of carbonyl (C=O) groups is 2. The Balaban J connectivity index is 1.90. The first kappa shape index (κ1) is 17.0. The van der Waals surface area contributed by atoms with Gasteiger partial charge in [-0.15, -0.1) is 0 Å². The molecule has 3 aromatic carbocycles. The van der Waals surface area contributed by atoms with Crippen LogP contribution in [0.2, 0.25) is 0 Å². The topological polar surface area (TPSA) is 66.9 Å². The average Bonchev–Trinajstić information content (AvgIpc) is 3.36. The van der Waals surface area contributed by atoms with Gasteiger partial charge in [0.25, 0.3) is 11.8 Å². The summed E-state index contributed by atoms with van der Waals surface area (Å²) in [7, 11) is 0. The number of aryl methyl sites for hydroxylation is 1. The van der Waals surface area contributed by atoms with Crippen LogP contribution in [0.1, 0.15) is 45.7 Å². The lowest BCUT2D eigenvalue weighted by molar-refractivity contribution is 0.0880. The van der Waals surface area contributed by atoms with E-state index in [1.54, 1.807) is 12.1 Å². The Bertz CT molecular complexity index is 1690. The van der Waals surface area contributed by atoms with Crippen molar-refractivity contribution in [3.63, 3.8) is 0 Å². The summed E-state index contributed by atoms with van der Waals surface area (Å²) in [6.07, 6.45) is 1.54. The molecule has 0 bridgehead atoms. The van der Waals surface area contributed by atoms with E-state index in [1.807, 2.05) is 0 Å². The van der Waals surface area contributed by atoms with Gasteiger partial charge in [-0.2, -0.15) is 0 Å². The molecule has 2 amide bonds. The molecule has 0 radical (unpaired) electrons. The molecule has 0 aliphatic carbocycles. The van der Waals surface area contributed by atoms with E-state index in [1.165, 1.54) is 18.2 Å². The molecule has 2 aliphatic heterocycles. The summed E-state index contributed by atoms with van der Waals surface area (Å²) in [5, 5.41) is 4.21. The minimum absolute atomic E-state index is 0.0932. The fraction of sp³-hybridized carbons (Fsp3) is 0.167. The molecule has 2 N–H and O–H groups in total. The number of hydrogen-bond donors (Lipinski definition) is 2. The van der Waals surface area contributed by atoms with Crippen LogP contribution in [0.4, 0.5) is 8.78 Å². The minimum atomic E-state index is -0.559. The third-order valence-corrected chi connectivity index (χ3v) is 6.86. The number of aromatic amines is 1. The molecular formula is C24H15F2N3O2. The number of amides is 2. The Kier molecular flexibility index (Phi) is 2.90. The predicted molar refractivity (Wildman–Crippen MR) is 114 cm³/mol. The molecule has 2 aliphatic rings. The van der Waals surface area contributed by atoms with Crippen LogP contribution in [-0.4, -0.2) is 21.4 Å². The number of nitrogens with zero attached hydrogens (tertiary/aromatic N) is 1. The Morgan fingerprint density at radius 2 is 1.77 bits per heavy atom. The maximum atomic E-state index is 14.9. The van der Waals surface area contributed by atoms with Gasteiger partial charge in [0.05, 0.1) is 27.7 Å². The van der Waals surface area contributed by atoms with Gasteiger partial charge in [-0.05, 0) is 49.6 Å². The molecular weight excluding hydrogens is 400 g/mol. The van der Waals surface area contributed by atoms with E-state index < -0.39 is 17.6 Å². The highest BCUT2D eigenvalue weighted by molar-refractivity contribution is 6.39. The summed E-state index contributed by atoms with van der Waals surface area (Å²) in [6, 6.07) is 7.76. The van der Waals surface area contributed by atoms with Crippen molar-refractivity contribution in [2.75, 3.05) is 0 Å². The third kappa shape index (κ3) is 1.86. The smallest absolute Gasteiger partial charge is 0.259 e. The molecule has 0 fully saturated rings. The third-order valence-electron chi connectivity index (χ3n) is 6.86. The van der Waals surface area contributed by atoms with E-state index in [4.69, 9.17) is 0 Å². The summed E-state index contributed by atoms with van der Waals surface area (Å²) in [4.78, 5) is 29.1. The summed E-state index contributed by atoms with van der Waals surface area (Å²) in [5.74, 6) is -1.93. The number of fused-ring (bicyclic) bond motifs is 10. The second-order valence-electron chi connectivity index (χ2n) is 8.51. The standard InChI is InChI=1S/C24H15F2N3O2/c1-9-5-6-10-7-11(25)8-12-15-18-19(24(31)28-23(18)30)17-16-13(26)3-2-4-14(16)27-20(17)22(15)29(9)21(10)12/h2-4,7-9,27H,5-6H2,1H3,(H,28,30,31). The molecule has 0 saturated heterocycles. The molecule has 4 heterocycles. The quantitative estimate of drug-likeness (QED) is 0.346. The van der Waals surface area contributed by atoms with Crippen LogP contribution in [0, 0.1) is 11.6 Å². The fourth-order valence-corrected chi connectivity index (χ4v) is 5.68. The van der Waals surface area contributed by atoms with E-state index in [9.17, 15) is 18.4 Å². The Labute approximate surface area is 173 Å². The van der Waals surface area contributed by atoms with Crippen molar-refractivity contribution in [3.05, 3.63) is 58.7 Å². The predicted octanol–water partition coefficient (Wildman–Crippen LogP) is 5.10. The average molecular weight is 415 g/mol. The molecule has 152 valence electrons. The van der Waals surface area contributed by atoms with Crippen LogP contribution < -0.4 is 5.32 Å². The van der Waals surface area contributed by atoms with Gasteiger partial charge in [0, 0.05) is 33.1 Å². The van der Waals surface area contributed by atoms with Crippen LogP contribution in [0.3, 0.4) is 0 Å². The van der Waals surface area contributed by atoms with Crippen molar-refractivity contribution in [1.82, 2.24) is 14.9 Å². The monoisotopic (exact) mass is 415 g/mol. The van der Waals surface area contributed by atoms with Gasteiger partial charge < -0.3 is 9.55 Å². The maximum absolute atomic E-state index is 14.9. The second kappa shape index (κ2) is 5.29. The van der Waals surface area contributed by atoms with Crippen LogP contribution in [0.15, 0.2) is 30.3 Å². The van der Waals surface area contributed by atoms with E-state index in [0.717, 1.165) is 23.9 Å². The highest BCUT2D eigenvalue weighted by Gasteiger charge is 2.37. The van der Waals surface area contributed by atoms with Gasteiger partial charge in [-0.25, -0.2) is 8.78 Å². The van der Waals surface area contributed by atoms with Gasteiger partial charge in [-0.3, -0.25) is 14.9 Å². The number of rotatable bonds is 0. The van der Waals surface area contributed by atoms with Gasteiger partial charge in [0.15, 0.2) is 0 Å². The molecule has 7 rings (SSSR count). The number of H-pyrrole nitrogens is 1. The summed E-state index contributed by atoms with van der Waals surface area (Å²) < 4.78 is 31.6. The van der Waals surface area contributed by atoms with Crippen LogP contribution in [0.5, 0.6) is 0 Å². The first-order valence-electron chi connectivity index (χ1n) is 10.2. The fourth-order valence-electron chi connectivity index (χ4n) is 5.68. The Hall–Kier alpha value is -3.74. The first-order valence-corrected chi connectivity index (χ1v) is 10.2. The molecule has 5 aromatic rings. The van der Waals surface area contributed by atoms with Crippen molar-refractivity contribution < 1.29 is 18.4 Å². The SMILES string of the molecule is CC1CCc2cc(F)cc3c4c5c(c6c([nH]c7cccc(F)c76)c4n1c23)C(=O)NC5=O. The number of imide groups is 1. The largest absolute Gasteiger partial charge is 0.353 e. The van der Waals surface area contributed by atoms with E-state index in [0.29, 0.717) is 32.7 Å². The van der Waals surface area contributed by atoms with Crippen molar-refractivity contribution in [1.29, 1.82) is 0 Å². The summed E-state index contributed by atoms with van der Waals surface area (Å²) in [5.41, 5.74) is 3.95. The van der Waals surface area contributed by atoms with E-state index in [-0.39, 0.29) is 28.4 Å². The molecule has 0 spiro atoms. The van der Waals surface area contributed by atoms with Gasteiger partial charge in [0.1, 0.15) is 11.6 Å². The molecule has 1 unspecified atom stereocenters. The van der Waals surface area contributed by atoms with Gasteiger partial charge in [-0.1, -0.05) is 6.07 Å². The number of benzene rings is 3. The van der Waals surface area contributed by atoms with Crippen molar-refractivity contribution in [3.8, 4) is 0 Å². The Morgan fingerprint density at radius 1 is 1.00 bits per heavy atom. The molecule has 2 aromatic heterocycles. The lowest BCUT2D eigenvalue weighted by atomic mass is 9.96. The lowest BCUT2D eigenvalue weighted by Crippen LogP contribution is -2.20. The van der Waals surface area contributed by atoms with E-state index in [2.05, 4.69) is 21.8 Å². The maximum Gasteiger partial charge on any atom is 0.259 e. The minimum Gasteiger partial charge on any atom is -0.353 e. The van der Waals surface area contributed by atoms with Crippen LogP contribution in [-0.2, 0) is 6.42 Å². The number of nitrogens with one attached hydrogen (secondary N) is 2. The van der Waals surface area contributed by atoms with E-state index >= 15 is 0 Å².